The number of aromatic nitrogens is 4. The Bertz CT molecular complexity index is 953. The second kappa shape index (κ2) is 8.13. The van der Waals surface area contributed by atoms with Crippen LogP contribution in [0.15, 0.2) is 48.5 Å². The lowest BCUT2D eigenvalue weighted by atomic mass is 10.2. The number of ether oxygens (including phenoxy) is 1. The van der Waals surface area contributed by atoms with Crippen LogP contribution in [-0.4, -0.2) is 52.4 Å². The topological polar surface area (TPSA) is 85.2 Å². The van der Waals surface area contributed by atoms with Gasteiger partial charge in [0.25, 0.3) is 0 Å². The summed E-state index contributed by atoms with van der Waals surface area (Å²) in [6.07, 6.45) is 0. The molecule has 2 aromatic carbocycles. The number of rotatable bonds is 5. The predicted molar refractivity (Wildman–Crippen MR) is 101 cm³/mol. The summed E-state index contributed by atoms with van der Waals surface area (Å²) < 4.78 is 20.6. The third-order valence-corrected chi connectivity index (χ3v) is 4.47. The first kappa shape index (κ1) is 18.1. The van der Waals surface area contributed by atoms with E-state index in [-0.39, 0.29) is 23.8 Å². The van der Waals surface area contributed by atoms with Gasteiger partial charge in [-0.1, -0.05) is 12.1 Å². The van der Waals surface area contributed by atoms with E-state index < -0.39 is 5.82 Å². The van der Waals surface area contributed by atoms with Crippen molar-refractivity contribution in [3.05, 3.63) is 54.3 Å². The van der Waals surface area contributed by atoms with Gasteiger partial charge in [0, 0.05) is 24.5 Å². The van der Waals surface area contributed by atoms with Crippen LogP contribution in [0.3, 0.4) is 0 Å². The fraction of sp³-hybridized carbons (Fsp3) is 0.263. The van der Waals surface area contributed by atoms with E-state index in [0.29, 0.717) is 5.69 Å². The molecule has 8 nitrogen and oxygen atoms in total. The molecule has 0 atom stereocenters. The van der Waals surface area contributed by atoms with Gasteiger partial charge in [0.05, 0.1) is 18.8 Å². The Morgan fingerprint density at radius 3 is 2.61 bits per heavy atom. The first-order valence-electron chi connectivity index (χ1n) is 8.94. The number of anilines is 2. The summed E-state index contributed by atoms with van der Waals surface area (Å²) >= 11 is 0. The Labute approximate surface area is 160 Å². The fourth-order valence-corrected chi connectivity index (χ4v) is 3.06. The van der Waals surface area contributed by atoms with Crippen molar-refractivity contribution in [3.8, 4) is 11.4 Å². The van der Waals surface area contributed by atoms with E-state index in [1.54, 1.807) is 18.2 Å². The van der Waals surface area contributed by atoms with Crippen molar-refractivity contribution in [1.29, 1.82) is 0 Å². The van der Waals surface area contributed by atoms with Crippen LogP contribution in [0.1, 0.15) is 0 Å². The van der Waals surface area contributed by atoms with E-state index in [9.17, 15) is 9.18 Å². The van der Waals surface area contributed by atoms with Gasteiger partial charge < -0.3 is 15.0 Å². The van der Waals surface area contributed by atoms with E-state index in [4.69, 9.17) is 4.74 Å². The molecule has 144 valence electrons. The summed E-state index contributed by atoms with van der Waals surface area (Å²) in [5, 5.41) is 14.0. The molecular formula is C19H19FN6O2. The standard InChI is InChI=1S/C19H19FN6O2/c20-17-4-2-1-3-16(17)19-22-23-24-26(19)13-18(27)21-14-5-7-15(8-6-14)25-9-11-28-12-10-25/h1-8H,9-13H2,(H,21,27). The molecule has 1 saturated heterocycles. The number of nitrogens with zero attached hydrogens (tertiary/aromatic N) is 5. The van der Waals surface area contributed by atoms with Gasteiger partial charge in [0.15, 0.2) is 5.82 Å². The first-order chi connectivity index (χ1) is 13.7. The van der Waals surface area contributed by atoms with Crippen molar-refractivity contribution >= 4 is 17.3 Å². The molecule has 9 heteroatoms. The summed E-state index contributed by atoms with van der Waals surface area (Å²) in [6.45, 7) is 3.01. The van der Waals surface area contributed by atoms with Gasteiger partial charge in [-0.05, 0) is 46.8 Å². The minimum atomic E-state index is -0.447. The molecule has 1 aliphatic heterocycles. The molecular weight excluding hydrogens is 363 g/mol. The number of morpholine rings is 1. The normalized spacial score (nSPS) is 14.1. The molecule has 3 aromatic rings. The van der Waals surface area contributed by atoms with Crippen molar-refractivity contribution in [2.45, 2.75) is 6.54 Å². The van der Waals surface area contributed by atoms with Gasteiger partial charge >= 0.3 is 0 Å². The van der Waals surface area contributed by atoms with Gasteiger partial charge in [0.1, 0.15) is 12.4 Å². The highest BCUT2D eigenvalue weighted by molar-refractivity contribution is 5.90. The Balaban J connectivity index is 1.41. The third-order valence-electron chi connectivity index (χ3n) is 4.47. The monoisotopic (exact) mass is 382 g/mol. The zero-order valence-electron chi connectivity index (χ0n) is 15.1. The molecule has 0 unspecified atom stereocenters. The minimum Gasteiger partial charge on any atom is -0.378 e. The molecule has 28 heavy (non-hydrogen) atoms. The summed E-state index contributed by atoms with van der Waals surface area (Å²) in [4.78, 5) is 14.6. The highest BCUT2D eigenvalue weighted by atomic mass is 19.1. The van der Waals surface area contributed by atoms with E-state index in [1.807, 2.05) is 24.3 Å². The molecule has 0 aliphatic carbocycles. The van der Waals surface area contributed by atoms with Gasteiger partial charge in [-0.2, -0.15) is 0 Å². The van der Waals surface area contributed by atoms with Crippen LogP contribution in [0.4, 0.5) is 15.8 Å². The molecule has 2 heterocycles. The molecule has 1 N–H and O–H groups in total. The van der Waals surface area contributed by atoms with Crippen molar-refractivity contribution in [2.24, 2.45) is 0 Å². The van der Waals surface area contributed by atoms with Crippen LogP contribution >= 0.6 is 0 Å². The number of hydrogen-bond donors (Lipinski definition) is 1. The summed E-state index contributed by atoms with van der Waals surface area (Å²) in [5.74, 6) is -0.544. The van der Waals surface area contributed by atoms with Crippen molar-refractivity contribution in [3.63, 3.8) is 0 Å². The molecule has 0 radical (unpaired) electrons. The minimum absolute atomic E-state index is 0.123. The van der Waals surface area contributed by atoms with E-state index in [2.05, 4.69) is 25.7 Å². The second-order valence-corrected chi connectivity index (χ2v) is 6.33. The fourth-order valence-electron chi connectivity index (χ4n) is 3.06. The van der Waals surface area contributed by atoms with Crippen LogP contribution in [0.2, 0.25) is 0 Å². The van der Waals surface area contributed by atoms with E-state index >= 15 is 0 Å². The number of carbonyl (C=O) groups is 1. The summed E-state index contributed by atoms with van der Waals surface area (Å²) in [7, 11) is 0. The highest BCUT2D eigenvalue weighted by Crippen LogP contribution is 2.20. The number of tetrazole rings is 1. The Morgan fingerprint density at radius 2 is 1.86 bits per heavy atom. The maximum absolute atomic E-state index is 14.0. The van der Waals surface area contributed by atoms with Crippen molar-refractivity contribution in [1.82, 2.24) is 20.2 Å². The molecule has 1 amide bonds. The smallest absolute Gasteiger partial charge is 0.246 e. The van der Waals surface area contributed by atoms with Gasteiger partial charge in [-0.3, -0.25) is 4.79 Å². The van der Waals surface area contributed by atoms with Crippen LogP contribution in [0, 0.1) is 5.82 Å². The first-order valence-corrected chi connectivity index (χ1v) is 8.94. The maximum atomic E-state index is 14.0. The lowest BCUT2D eigenvalue weighted by Crippen LogP contribution is -2.36. The number of nitrogens with one attached hydrogen (secondary N) is 1. The lowest BCUT2D eigenvalue weighted by Gasteiger charge is -2.28. The van der Waals surface area contributed by atoms with Crippen LogP contribution in [-0.2, 0) is 16.1 Å². The molecule has 0 bridgehead atoms. The Kier molecular flexibility index (Phi) is 5.24. The largest absolute Gasteiger partial charge is 0.378 e. The second-order valence-electron chi connectivity index (χ2n) is 6.33. The zero-order valence-corrected chi connectivity index (χ0v) is 15.1. The van der Waals surface area contributed by atoms with Crippen molar-refractivity contribution < 1.29 is 13.9 Å². The van der Waals surface area contributed by atoms with Crippen molar-refractivity contribution in [2.75, 3.05) is 36.5 Å². The molecule has 1 fully saturated rings. The van der Waals surface area contributed by atoms with Gasteiger partial charge in [-0.25, -0.2) is 9.07 Å². The number of hydrogen-bond acceptors (Lipinski definition) is 6. The van der Waals surface area contributed by atoms with Gasteiger partial charge in [0.2, 0.25) is 5.91 Å². The highest BCUT2D eigenvalue weighted by Gasteiger charge is 2.16. The van der Waals surface area contributed by atoms with Gasteiger partial charge in [-0.15, -0.1) is 5.10 Å². The maximum Gasteiger partial charge on any atom is 0.246 e. The van der Waals surface area contributed by atoms with E-state index in [0.717, 1.165) is 32.0 Å². The Morgan fingerprint density at radius 1 is 1.11 bits per heavy atom. The predicted octanol–water partition coefficient (Wildman–Crippen LogP) is 1.95. The summed E-state index contributed by atoms with van der Waals surface area (Å²) in [5.41, 5.74) is 2.00. The number of amides is 1. The van der Waals surface area contributed by atoms with Crippen LogP contribution in [0.25, 0.3) is 11.4 Å². The number of halogens is 1. The molecule has 0 spiro atoms. The SMILES string of the molecule is O=C(Cn1nnnc1-c1ccccc1F)Nc1ccc(N2CCOCC2)cc1. The number of carbonyl (C=O) groups excluding carboxylic acids is 1. The van der Waals surface area contributed by atoms with E-state index in [1.165, 1.54) is 10.7 Å². The van der Waals surface area contributed by atoms with Crippen LogP contribution in [0.5, 0.6) is 0 Å². The number of benzene rings is 2. The molecule has 1 aliphatic rings. The average molecular weight is 382 g/mol. The molecule has 0 saturated carbocycles. The van der Waals surface area contributed by atoms with Crippen LogP contribution < -0.4 is 10.2 Å². The quantitative estimate of drug-likeness (QED) is 0.726. The lowest BCUT2D eigenvalue weighted by molar-refractivity contribution is -0.116. The Hall–Kier alpha value is -3.33. The average Bonchev–Trinajstić information content (AvgIpc) is 3.17. The third kappa shape index (κ3) is 3.99. The summed E-state index contributed by atoms with van der Waals surface area (Å²) in [6, 6.07) is 13.8. The molecule has 1 aromatic heterocycles. The molecule has 4 rings (SSSR count). The zero-order chi connectivity index (χ0) is 19.3.